The molecule has 1 N–H and O–H groups in total. The lowest BCUT2D eigenvalue weighted by Crippen LogP contribution is -2.46. The van der Waals surface area contributed by atoms with Crippen molar-refractivity contribution in [3.63, 3.8) is 0 Å². The molecule has 2 aliphatic rings. The Morgan fingerprint density at radius 3 is 2.73 bits per heavy atom. The molecule has 178 valence electrons. The maximum Gasteiger partial charge on any atom is 0.173 e. The Bertz CT molecular complexity index is 969. The predicted octanol–water partition coefficient (Wildman–Crippen LogP) is 7.24. The van der Waals surface area contributed by atoms with Crippen molar-refractivity contribution >= 4 is 28.7 Å². The second-order valence-corrected chi connectivity index (χ2v) is 10.6. The Morgan fingerprint density at radius 2 is 1.94 bits per heavy atom. The van der Waals surface area contributed by atoms with Crippen LogP contribution in [0.1, 0.15) is 74.6 Å². The summed E-state index contributed by atoms with van der Waals surface area (Å²) in [4.78, 5) is 5.06. The smallest absolute Gasteiger partial charge is 0.173 e. The zero-order chi connectivity index (χ0) is 23.4. The summed E-state index contributed by atoms with van der Waals surface area (Å²) < 4.78 is 0. The first-order chi connectivity index (χ1) is 16.0. The number of thiocarbonyl (C=S) groups is 1. The Balaban J connectivity index is 1.59. The second-order valence-electron chi connectivity index (χ2n) is 10.2. The summed E-state index contributed by atoms with van der Waals surface area (Å²) in [6.45, 7) is 12.3. The van der Waals surface area contributed by atoms with Gasteiger partial charge in [0.15, 0.2) is 5.11 Å². The van der Waals surface area contributed by atoms with Crippen LogP contribution >= 0.6 is 12.2 Å². The van der Waals surface area contributed by atoms with Crippen LogP contribution in [0.3, 0.4) is 0 Å². The lowest BCUT2D eigenvalue weighted by atomic mass is 9.84. The average Bonchev–Trinajstić information content (AvgIpc) is 2.81. The molecule has 1 heterocycles. The first kappa shape index (κ1) is 24.1. The van der Waals surface area contributed by atoms with Gasteiger partial charge in [-0.1, -0.05) is 51.0 Å². The lowest BCUT2D eigenvalue weighted by Gasteiger charge is -2.40. The Labute approximate surface area is 206 Å². The molecule has 1 aliphatic carbocycles. The molecule has 33 heavy (non-hydrogen) atoms. The maximum atomic E-state index is 6.07. The van der Waals surface area contributed by atoms with Gasteiger partial charge in [-0.2, -0.15) is 0 Å². The number of rotatable bonds is 6. The van der Waals surface area contributed by atoms with Crippen molar-refractivity contribution in [2.24, 2.45) is 5.92 Å². The molecular formula is C29H41N3S. The van der Waals surface area contributed by atoms with Gasteiger partial charge >= 0.3 is 0 Å². The molecule has 0 saturated heterocycles. The van der Waals surface area contributed by atoms with Gasteiger partial charge in [-0.3, -0.25) is 0 Å². The first-order valence-corrected chi connectivity index (χ1v) is 13.4. The van der Waals surface area contributed by atoms with Gasteiger partial charge in [0.2, 0.25) is 0 Å². The van der Waals surface area contributed by atoms with Crippen LogP contribution in [0.2, 0.25) is 0 Å². The molecule has 0 aromatic heterocycles. The third-order valence-corrected chi connectivity index (χ3v) is 8.12. The van der Waals surface area contributed by atoms with E-state index in [4.69, 9.17) is 12.2 Å². The molecule has 2 atom stereocenters. The number of aryl methyl sites for hydroxylation is 2. The summed E-state index contributed by atoms with van der Waals surface area (Å²) in [6.07, 6.45) is 8.81. The molecule has 0 radical (unpaired) electrons. The van der Waals surface area contributed by atoms with Crippen LogP contribution in [0.4, 0.5) is 11.4 Å². The van der Waals surface area contributed by atoms with Gasteiger partial charge in [0, 0.05) is 37.1 Å². The molecule has 4 rings (SSSR count). The highest BCUT2D eigenvalue weighted by molar-refractivity contribution is 7.80. The molecule has 1 saturated carbocycles. The molecular weight excluding hydrogens is 422 g/mol. The van der Waals surface area contributed by atoms with Crippen molar-refractivity contribution < 1.29 is 0 Å². The van der Waals surface area contributed by atoms with Crippen molar-refractivity contribution in [3.8, 4) is 0 Å². The van der Waals surface area contributed by atoms with Gasteiger partial charge < -0.3 is 15.1 Å². The molecule has 4 heteroatoms. The lowest BCUT2D eigenvalue weighted by molar-refractivity contribution is 0.177. The zero-order valence-electron chi connectivity index (χ0n) is 21.0. The van der Waals surface area contributed by atoms with Crippen molar-refractivity contribution in [2.45, 2.75) is 85.2 Å². The van der Waals surface area contributed by atoms with E-state index in [1.54, 1.807) is 0 Å². The monoisotopic (exact) mass is 463 g/mol. The van der Waals surface area contributed by atoms with E-state index >= 15 is 0 Å². The highest BCUT2D eigenvalue weighted by Crippen LogP contribution is 2.32. The van der Waals surface area contributed by atoms with Crippen LogP contribution < -0.4 is 10.2 Å². The van der Waals surface area contributed by atoms with Crippen molar-refractivity contribution in [3.05, 3.63) is 58.7 Å². The highest BCUT2D eigenvalue weighted by Gasteiger charge is 2.29. The molecule has 0 unspecified atom stereocenters. The van der Waals surface area contributed by atoms with E-state index in [2.05, 4.69) is 79.2 Å². The molecule has 1 fully saturated rings. The third kappa shape index (κ3) is 5.54. The minimum absolute atomic E-state index is 0.497. The molecule has 1 aliphatic heterocycles. The average molecular weight is 464 g/mol. The van der Waals surface area contributed by atoms with E-state index in [9.17, 15) is 0 Å². The van der Waals surface area contributed by atoms with E-state index < -0.39 is 0 Å². The van der Waals surface area contributed by atoms with Crippen LogP contribution in [0.25, 0.3) is 0 Å². The molecule has 0 spiro atoms. The fourth-order valence-electron chi connectivity index (χ4n) is 5.70. The number of hydrogen-bond acceptors (Lipinski definition) is 2. The Kier molecular flexibility index (Phi) is 7.95. The number of anilines is 2. The maximum absolute atomic E-state index is 6.07. The van der Waals surface area contributed by atoms with Crippen molar-refractivity contribution in [1.82, 2.24) is 4.90 Å². The van der Waals surface area contributed by atoms with Crippen LogP contribution in [-0.2, 0) is 13.0 Å². The minimum Gasteiger partial charge on any atom is -0.371 e. The van der Waals surface area contributed by atoms with Gasteiger partial charge in [0.05, 0.1) is 0 Å². The van der Waals surface area contributed by atoms with Gasteiger partial charge in [-0.15, -0.1) is 0 Å². The molecule has 2 aromatic carbocycles. The quantitative estimate of drug-likeness (QED) is 0.455. The number of fused-ring (bicyclic) bond motifs is 1. The fraction of sp³-hybridized carbons (Fsp3) is 0.552. The zero-order valence-corrected chi connectivity index (χ0v) is 21.8. The van der Waals surface area contributed by atoms with E-state index in [0.717, 1.165) is 23.9 Å². The summed E-state index contributed by atoms with van der Waals surface area (Å²) >= 11 is 6.07. The SMILES string of the molecule is CCCN1CCCc2cc(CN(C(=S)Nc3cccc(C)c3C)[C@H]3CCCC[C@H]3C)ccc21. The summed E-state index contributed by atoms with van der Waals surface area (Å²) in [5, 5.41) is 4.49. The summed E-state index contributed by atoms with van der Waals surface area (Å²) in [5.41, 5.74) is 8.05. The standard InChI is InChI=1S/C29H41N3S/c1-5-17-31-18-9-12-25-19-24(15-16-28(25)31)20-32(27-14-7-6-10-22(27)3)29(33)30-26-13-8-11-21(2)23(26)4/h8,11,13,15-16,19,22,27H,5-7,9-10,12,14,17-18,20H2,1-4H3,(H,30,33)/t22-,27+/m1/s1. The van der Waals surface area contributed by atoms with Gasteiger partial charge in [-0.25, -0.2) is 0 Å². The first-order valence-electron chi connectivity index (χ1n) is 13.0. The number of nitrogens with one attached hydrogen (secondary N) is 1. The number of benzene rings is 2. The normalized spacial score (nSPS) is 20.3. The summed E-state index contributed by atoms with van der Waals surface area (Å²) in [7, 11) is 0. The molecule has 3 nitrogen and oxygen atoms in total. The van der Waals surface area contributed by atoms with E-state index in [1.807, 2.05) is 0 Å². The topological polar surface area (TPSA) is 18.5 Å². The van der Waals surface area contributed by atoms with Crippen molar-refractivity contribution in [1.29, 1.82) is 0 Å². The number of hydrogen-bond donors (Lipinski definition) is 1. The predicted molar refractivity (Wildman–Crippen MR) is 146 cm³/mol. The van der Waals surface area contributed by atoms with Crippen molar-refractivity contribution in [2.75, 3.05) is 23.3 Å². The van der Waals surface area contributed by atoms with Crippen LogP contribution in [-0.4, -0.2) is 29.1 Å². The van der Waals surface area contributed by atoms with Crippen LogP contribution in [0.5, 0.6) is 0 Å². The van der Waals surface area contributed by atoms with Gasteiger partial charge in [0.1, 0.15) is 0 Å². The molecule has 0 bridgehead atoms. The van der Waals surface area contributed by atoms with Gasteiger partial charge in [-0.05, 0) is 98.5 Å². The number of nitrogens with zero attached hydrogens (tertiary/aromatic N) is 2. The van der Waals surface area contributed by atoms with E-state index in [-0.39, 0.29) is 0 Å². The largest absolute Gasteiger partial charge is 0.371 e. The Morgan fingerprint density at radius 1 is 1.12 bits per heavy atom. The van der Waals surface area contributed by atoms with E-state index in [1.165, 1.54) is 79.4 Å². The fourth-order valence-corrected chi connectivity index (χ4v) is 6.01. The van der Waals surface area contributed by atoms with Crippen LogP contribution in [0.15, 0.2) is 36.4 Å². The van der Waals surface area contributed by atoms with Gasteiger partial charge in [0.25, 0.3) is 0 Å². The van der Waals surface area contributed by atoms with Crippen LogP contribution in [0, 0.1) is 19.8 Å². The summed E-state index contributed by atoms with van der Waals surface area (Å²) in [6, 6.07) is 14.1. The second kappa shape index (κ2) is 10.9. The highest BCUT2D eigenvalue weighted by atomic mass is 32.1. The minimum atomic E-state index is 0.497. The summed E-state index contributed by atoms with van der Waals surface area (Å²) in [5.74, 6) is 0.662. The molecule has 2 aromatic rings. The Hall–Kier alpha value is -2.07. The van der Waals surface area contributed by atoms with E-state index in [0.29, 0.717) is 12.0 Å². The third-order valence-electron chi connectivity index (χ3n) is 7.78. The molecule has 0 amide bonds.